The van der Waals surface area contributed by atoms with Crippen molar-refractivity contribution in [3.8, 4) is 0 Å². The van der Waals surface area contributed by atoms with Crippen molar-refractivity contribution in [2.45, 2.75) is 12.2 Å². The van der Waals surface area contributed by atoms with Gasteiger partial charge in [-0.05, 0) is 0 Å². The van der Waals surface area contributed by atoms with Crippen LogP contribution in [0.5, 0.6) is 0 Å². The fourth-order valence-corrected chi connectivity index (χ4v) is 0.264. The first-order valence-electron chi connectivity index (χ1n) is 3.18. The van der Waals surface area contributed by atoms with E-state index in [1.807, 2.05) is 0 Å². The van der Waals surface area contributed by atoms with Gasteiger partial charge in [0, 0.05) is 0 Å². The van der Waals surface area contributed by atoms with Crippen molar-refractivity contribution in [2.75, 3.05) is 0 Å². The summed E-state index contributed by atoms with van der Waals surface area (Å²) in [4.78, 5) is 35.7. The Balaban J connectivity index is -0.0000000422. The van der Waals surface area contributed by atoms with Gasteiger partial charge in [0.2, 0.25) is 0 Å². The number of carbonyl (C=O) groups is 2. The van der Waals surface area contributed by atoms with Gasteiger partial charge in [-0.25, -0.2) is 4.79 Å². The SMILES string of the molecule is O=C([O-])C(O)C(O)C(=O)O.O=N[O-].O=[N+]([O-])[O-].[NH4+].[Na+].[Na+]. The number of carboxylic acids is 2. The molecule has 0 aliphatic heterocycles. The van der Waals surface area contributed by atoms with E-state index >= 15 is 0 Å². The first-order chi connectivity index (χ1) is 7.61. The van der Waals surface area contributed by atoms with E-state index in [0.717, 1.165) is 5.34 Å². The number of nitrogens with zero attached hydrogens (tertiary/aromatic N) is 2. The van der Waals surface area contributed by atoms with E-state index in [9.17, 15) is 14.7 Å². The zero-order valence-electron chi connectivity index (χ0n) is 10.7. The van der Waals surface area contributed by atoms with Crippen molar-refractivity contribution in [1.82, 2.24) is 6.15 Å². The van der Waals surface area contributed by atoms with Crippen LogP contribution in [0.3, 0.4) is 0 Å². The topological polar surface area (TPSA) is 273 Å². The van der Waals surface area contributed by atoms with Gasteiger partial charge in [-0.2, -0.15) is 0 Å². The average molecular weight is 321 g/mol. The first kappa shape index (κ1) is 36.6. The number of hydrogen-bond donors (Lipinski definition) is 4. The fraction of sp³-hybridized carbons (Fsp3) is 0.500. The molecular weight excluding hydrogens is 312 g/mol. The fourth-order valence-electron chi connectivity index (χ4n) is 0.264. The summed E-state index contributed by atoms with van der Waals surface area (Å²) < 4.78 is 0. The van der Waals surface area contributed by atoms with Crippen LogP contribution in [0.25, 0.3) is 0 Å². The van der Waals surface area contributed by atoms with Crippen LogP contribution < -0.4 is 70.4 Å². The number of rotatable bonds is 3. The van der Waals surface area contributed by atoms with Gasteiger partial charge in [0.15, 0.2) is 6.10 Å². The number of hydrogen-bond acceptors (Lipinski definition) is 11. The van der Waals surface area contributed by atoms with Crippen molar-refractivity contribution < 1.29 is 94.2 Å². The molecule has 16 heteroatoms. The molecule has 0 fully saturated rings. The number of aliphatic carboxylic acids is 2. The van der Waals surface area contributed by atoms with Gasteiger partial charge in [0.25, 0.3) is 0 Å². The third-order valence-electron chi connectivity index (χ3n) is 0.794. The van der Waals surface area contributed by atoms with Gasteiger partial charge >= 0.3 is 65.1 Å². The average Bonchev–Trinajstić information content (AvgIpc) is 2.15. The number of aliphatic hydroxyl groups excluding tert-OH is 2. The molecule has 0 saturated carbocycles. The summed E-state index contributed by atoms with van der Waals surface area (Å²) in [5, 5.41) is 57.9. The Hall–Kier alpha value is -0.580. The molecule has 0 aliphatic carbocycles. The third kappa shape index (κ3) is 36.0. The van der Waals surface area contributed by atoms with Gasteiger partial charge in [0.1, 0.15) is 6.10 Å². The summed E-state index contributed by atoms with van der Waals surface area (Å²) in [5.41, 5.74) is 0. The monoisotopic (exact) mass is 321 g/mol. The Kier molecular flexibility index (Phi) is 43.0. The van der Waals surface area contributed by atoms with Gasteiger partial charge < -0.3 is 56.8 Å². The van der Waals surface area contributed by atoms with Gasteiger partial charge in [-0.15, -0.1) is 5.34 Å². The largest absolute Gasteiger partial charge is 1.00 e. The number of quaternary nitrogens is 1. The molecule has 20 heavy (non-hydrogen) atoms. The minimum absolute atomic E-state index is 0. The van der Waals surface area contributed by atoms with Gasteiger partial charge in [0.05, 0.1) is 11.1 Å². The standard InChI is InChI=1S/C4H6O6.NO3.HNO2.H3N.2Na/c5-1(3(7)8)2(6)4(9)10;2-1(3)4;2-1-3;;;/h1-2,5-6H,(H,7,8)(H,9,10);;(H,2,3);1H3;;/q;-1;;;2*+1/p-1. The second kappa shape index (κ2) is 23.5. The first-order valence-corrected chi connectivity index (χ1v) is 3.18. The van der Waals surface area contributed by atoms with Crippen LogP contribution in [-0.2, 0) is 9.59 Å². The number of carboxylic acid groups (broad SMARTS) is 2. The van der Waals surface area contributed by atoms with E-state index in [0.29, 0.717) is 0 Å². The maximum absolute atomic E-state index is 9.74. The Morgan fingerprint density at radius 2 is 1.30 bits per heavy atom. The quantitative estimate of drug-likeness (QED) is 0.164. The van der Waals surface area contributed by atoms with Crippen molar-refractivity contribution in [3.63, 3.8) is 0 Å². The van der Waals surface area contributed by atoms with E-state index in [-0.39, 0.29) is 65.3 Å². The molecule has 0 aromatic carbocycles. The Bertz CT molecular complexity index is 254. The summed E-state index contributed by atoms with van der Waals surface area (Å²) >= 11 is 0. The molecule has 2 unspecified atom stereocenters. The van der Waals surface area contributed by atoms with Crippen LogP contribution in [0.2, 0.25) is 0 Å². The van der Waals surface area contributed by atoms with Crippen LogP contribution in [0.15, 0.2) is 5.34 Å². The Morgan fingerprint density at radius 3 is 1.35 bits per heavy atom. The summed E-state index contributed by atoms with van der Waals surface area (Å²) in [5.74, 6) is -3.83. The minimum atomic E-state index is -2.38. The smallest absolute Gasteiger partial charge is 0.547 e. The molecule has 14 nitrogen and oxygen atoms in total. The van der Waals surface area contributed by atoms with E-state index < -0.39 is 29.2 Å². The number of aliphatic hydroxyl groups is 2. The molecule has 0 aromatic rings. The van der Waals surface area contributed by atoms with Crippen molar-refractivity contribution in [2.24, 2.45) is 5.34 Å². The molecule has 7 N–H and O–H groups in total. The normalized spacial score (nSPS) is 9.70. The van der Waals surface area contributed by atoms with Crippen molar-refractivity contribution in [3.05, 3.63) is 25.4 Å². The molecular formula is C4H9N3Na2O11. The minimum Gasteiger partial charge on any atom is -0.547 e. The zero-order valence-corrected chi connectivity index (χ0v) is 14.7. The van der Waals surface area contributed by atoms with Gasteiger partial charge in [-0.3, -0.25) is 0 Å². The number of carbonyl (C=O) groups excluding carboxylic acids is 1. The maximum Gasteiger partial charge on any atom is 1.00 e. The predicted molar refractivity (Wildman–Crippen MR) is 50.2 cm³/mol. The molecule has 0 rings (SSSR count). The summed E-state index contributed by atoms with van der Waals surface area (Å²) in [6, 6.07) is 0. The Morgan fingerprint density at radius 1 is 1.10 bits per heavy atom. The van der Waals surface area contributed by atoms with E-state index in [2.05, 4.69) is 0 Å². The second-order valence-electron chi connectivity index (χ2n) is 1.85. The van der Waals surface area contributed by atoms with Gasteiger partial charge in [-0.1, -0.05) is 0 Å². The molecule has 0 amide bonds. The molecule has 0 aromatic heterocycles. The van der Waals surface area contributed by atoms with Crippen LogP contribution >= 0.6 is 0 Å². The molecule has 0 bridgehead atoms. The molecule has 0 saturated heterocycles. The zero-order chi connectivity index (χ0) is 14.6. The summed E-state index contributed by atoms with van der Waals surface area (Å²) in [6.07, 6.45) is -4.71. The molecule has 0 heterocycles. The van der Waals surface area contributed by atoms with E-state index in [1.54, 1.807) is 0 Å². The molecule has 108 valence electrons. The van der Waals surface area contributed by atoms with E-state index in [4.69, 9.17) is 40.8 Å². The Labute approximate surface area is 154 Å². The van der Waals surface area contributed by atoms with Crippen LogP contribution in [-0.4, -0.2) is 44.6 Å². The molecule has 0 spiro atoms. The third-order valence-corrected chi connectivity index (χ3v) is 0.794. The summed E-state index contributed by atoms with van der Waals surface area (Å²) in [6.45, 7) is 0. The second-order valence-corrected chi connectivity index (χ2v) is 1.85. The maximum atomic E-state index is 9.74. The molecule has 0 radical (unpaired) electrons. The summed E-state index contributed by atoms with van der Waals surface area (Å²) in [7, 11) is 0. The van der Waals surface area contributed by atoms with Crippen molar-refractivity contribution >= 4 is 11.9 Å². The predicted octanol–water partition coefficient (Wildman–Crippen LogP) is -9.06. The van der Waals surface area contributed by atoms with E-state index in [1.165, 1.54) is 0 Å². The van der Waals surface area contributed by atoms with Crippen molar-refractivity contribution in [1.29, 1.82) is 0 Å². The molecule has 0 aliphatic rings. The van der Waals surface area contributed by atoms with Crippen LogP contribution in [0.1, 0.15) is 0 Å². The van der Waals surface area contributed by atoms with Crippen LogP contribution in [0, 0.1) is 25.4 Å². The molecule has 2 atom stereocenters. The van der Waals surface area contributed by atoms with Crippen LogP contribution in [0.4, 0.5) is 0 Å².